The highest BCUT2D eigenvalue weighted by atomic mass is 32.1. The number of unbranched alkanes of at least 4 members (excludes halogenated alkanes) is 1. The van der Waals surface area contributed by atoms with Crippen molar-refractivity contribution < 1.29 is 9.53 Å². The van der Waals surface area contributed by atoms with Gasteiger partial charge in [-0.15, -0.1) is 11.3 Å². The third-order valence-corrected chi connectivity index (χ3v) is 4.31. The molecule has 2 rings (SSSR count). The molecular weight excluding hydrogens is 294 g/mol. The van der Waals surface area contributed by atoms with Gasteiger partial charge in [0.2, 0.25) is 0 Å². The van der Waals surface area contributed by atoms with Crippen LogP contribution in [0.5, 0.6) is 5.75 Å². The van der Waals surface area contributed by atoms with Gasteiger partial charge in [0.05, 0.1) is 6.54 Å². The first-order valence-electron chi connectivity index (χ1n) is 7.68. The maximum atomic E-state index is 12.4. The molecule has 4 heteroatoms. The van der Waals surface area contributed by atoms with Crippen LogP contribution in [0.15, 0.2) is 41.8 Å². The third kappa shape index (κ3) is 5.19. The van der Waals surface area contributed by atoms with Crippen molar-refractivity contribution in [2.75, 3.05) is 13.2 Å². The van der Waals surface area contributed by atoms with E-state index in [9.17, 15) is 4.79 Å². The molecule has 1 amide bonds. The molecule has 0 atom stereocenters. The van der Waals surface area contributed by atoms with Gasteiger partial charge in [-0.25, -0.2) is 0 Å². The van der Waals surface area contributed by atoms with Gasteiger partial charge in [0.1, 0.15) is 5.75 Å². The molecule has 0 aliphatic carbocycles. The van der Waals surface area contributed by atoms with Gasteiger partial charge in [-0.3, -0.25) is 4.79 Å². The molecule has 0 saturated carbocycles. The van der Waals surface area contributed by atoms with E-state index in [-0.39, 0.29) is 12.5 Å². The van der Waals surface area contributed by atoms with Crippen LogP contribution in [0.1, 0.15) is 30.2 Å². The SMILES string of the molecule is CCCCN(Cc1cccs1)C(=O)COc1ccc(C)cc1. The van der Waals surface area contributed by atoms with Crippen molar-refractivity contribution in [3.05, 3.63) is 52.2 Å². The second kappa shape index (κ2) is 8.59. The van der Waals surface area contributed by atoms with Crippen LogP contribution in [0.2, 0.25) is 0 Å². The highest BCUT2D eigenvalue weighted by molar-refractivity contribution is 7.09. The van der Waals surface area contributed by atoms with Crippen molar-refractivity contribution in [1.29, 1.82) is 0 Å². The third-order valence-electron chi connectivity index (χ3n) is 3.44. The Balaban J connectivity index is 1.91. The number of amides is 1. The van der Waals surface area contributed by atoms with E-state index in [1.165, 1.54) is 10.4 Å². The highest BCUT2D eigenvalue weighted by Crippen LogP contribution is 2.14. The summed E-state index contributed by atoms with van der Waals surface area (Å²) in [4.78, 5) is 15.5. The number of aryl methyl sites for hydroxylation is 1. The van der Waals surface area contributed by atoms with Gasteiger partial charge in [-0.1, -0.05) is 37.1 Å². The standard InChI is InChI=1S/C18H23NO2S/c1-3-4-11-19(13-17-6-5-12-22-17)18(20)14-21-16-9-7-15(2)8-10-16/h5-10,12H,3-4,11,13-14H2,1-2H3. The lowest BCUT2D eigenvalue weighted by Crippen LogP contribution is -2.35. The zero-order valence-corrected chi connectivity index (χ0v) is 14.1. The molecule has 0 saturated heterocycles. The summed E-state index contributed by atoms with van der Waals surface area (Å²) in [7, 11) is 0. The van der Waals surface area contributed by atoms with Crippen LogP contribution >= 0.6 is 11.3 Å². The summed E-state index contributed by atoms with van der Waals surface area (Å²) in [5.74, 6) is 0.785. The van der Waals surface area contributed by atoms with Gasteiger partial charge >= 0.3 is 0 Å². The first-order chi connectivity index (χ1) is 10.7. The van der Waals surface area contributed by atoms with Crippen LogP contribution in [0.3, 0.4) is 0 Å². The predicted molar refractivity (Wildman–Crippen MR) is 91.3 cm³/mol. The minimum Gasteiger partial charge on any atom is -0.484 e. The normalized spacial score (nSPS) is 10.5. The molecule has 0 bridgehead atoms. The summed E-state index contributed by atoms with van der Waals surface area (Å²) >= 11 is 1.68. The molecule has 0 aliphatic heterocycles. The van der Waals surface area contributed by atoms with E-state index in [0.717, 1.165) is 25.1 Å². The molecule has 22 heavy (non-hydrogen) atoms. The summed E-state index contributed by atoms with van der Waals surface area (Å²) in [6.45, 7) is 5.72. The second-order valence-electron chi connectivity index (χ2n) is 5.35. The second-order valence-corrected chi connectivity index (χ2v) is 6.38. The summed E-state index contributed by atoms with van der Waals surface area (Å²) in [6.07, 6.45) is 2.09. The monoisotopic (exact) mass is 317 g/mol. The Kier molecular flexibility index (Phi) is 6.46. The number of carbonyl (C=O) groups excluding carboxylic acids is 1. The smallest absolute Gasteiger partial charge is 0.260 e. The Morgan fingerprint density at radius 1 is 1.23 bits per heavy atom. The van der Waals surface area contributed by atoms with E-state index in [1.54, 1.807) is 11.3 Å². The number of hydrogen-bond acceptors (Lipinski definition) is 3. The molecule has 0 fully saturated rings. The van der Waals surface area contributed by atoms with Crippen molar-refractivity contribution in [2.24, 2.45) is 0 Å². The number of rotatable bonds is 8. The lowest BCUT2D eigenvalue weighted by Gasteiger charge is -2.22. The molecular formula is C18H23NO2S. The number of nitrogens with zero attached hydrogens (tertiary/aromatic N) is 1. The van der Waals surface area contributed by atoms with Gasteiger partial charge in [0, 0.05) is 11.4 Å². The largest absolute Gasteiger partial charge is 0.484 e. The summed E-state index contributed by atoms with van der Waals surface area (Å²) in [5.41, 5.74) is 1.18. The van der Waals surface area contributed by atoms with Crippen molar-refractivity contribution in [3.63, 3.8) is 0 Å². The molecule has 118 valence electrons. The fourth-order valence-corrected chi connectivity index (χ4v) is 2.82. The Hall–Kier alpha value is -1.81. The zero-order chi connectivity index (χ0) is 15.8. The van der Waals surface area contributed by atoms with Crippen LogP contribution in [0.4, 0.5) is 0 Å². The van der Waals surface area contributed by atoms with E-state index >= 15 is 0 Å². The van der Waals surface area contributed by atoms with Crippen LogP contribution in [-0.2, 0) is 11.3 Å². The van der Waals surface area contributed by atoms with E-state index in [4.69, 9.17) is 4.74 Å². The van der Waals surface area contributed by atoms with Crippen LogP contribution in [0.25, 0.3) is 0 Å². The summed E-state index contributed by atoms with van der Waals surface area (Å²) in [6, 6.07) is 11.9. The molecule has 3 nitrogen and oxygen atoms in total. The van der Waals surface area contributed by atoms with Gasteiger partial charge in [-0.05, 0) is 36.9 Å². The maximum absolute atomic E-state index is 12.4. The molecule has 1 aromatic carbocycles. The van der Waals surface area contributed by atoms with Gasteiger partial charge in [0.25, 0.3) is 5.91 Å². The number of carbonyl (C=O) groups is 1. The lowest BCUT2D eigenvalue weighted by molar-refractivity contribution is -0.134. The van der Waals surface area contributed by atoms with Gasteiger partial charge in [0.15, 0.2) is 6.61 Å². The topological polar surface area (TPSA) is 29.5 Å². The molecule has 0 radical (unpaired) electrons. The maximum Gasteiger partial charge on any atom is 0.260 e. The number of hydrogen-bond donors (Lipinski definition) is 0. The predicted octanol–water partition coefficient (Wildman–Crippen LogP) is 4.26. The quantitative estimate of drug-likeness (QED) is 0.728. The highest BCUT2D eigenvalue weighted by Gasteiger charge is 2.14. The van der Waals surface area contributed by atoms with Crippen molar-refractivity contribution >= 4 is 17.2 Å². The lowest BCUT2D eigenvalue weighted by atomic mass is 10.2. The fraction of sp³-hybridized carbons (Fsp3) is 0.389. The first-order valence-corrected chi connectivity index (χ1v) is 8.56. The van der Waals surface area contributed by atoms with E-state index in [2.05, 4.69) is 13.0 Å². The molecule has 1 heterocycles. The molecule has 0 unspecified atom stereocenters. The Labute approximate surface area is 136 Å². The Morgan fingerprint density at radius 3 is 2.64 bits per heavy atom. The minimum absolute atomic E-state index is 0.0439. The molecule has 0 aliphatic rings. The average Bonchev–Trinajstić information content (AvgIpc) is 3.03. The molecule has 2 aromatic rings. The number of benzene rings is 1. The zero-order valence-electron chi connectivity index (χ0n) is 13.2. The molecule has 0 N–H and O–H groups in total. The molecule has 1 aromatic heterocycles. The fourth-order valence-electron chi connectivity index (χ4n) is 2.10. The van der Waals surface area contributed by atoms with Crippen molar-refractivity contribution in [2.45, 2.75) is 33.2 Å². The van der Waals surface area contributed by atoms with Crippen molar-refractivity contribution in [3.8, 4) is 5.75 Å². The Bertz CT molecular complexity index is 563. The van der Waals surface area contributed by atoms with Crippen LogP contribution in [0, 0.1) is 6.92 Å². The number of ether oxygens (including phenoxy) is 1. The van der Waals surface area contributed by atoms with E-state index < -0.39 is 0 Å². The minimum atomic E-state index is 0.0439. The van der Waals surface area contributed by atoms with Crippen LogP contribution < -0.4 is 4.74 Å². The van der Waals surface area contributed by atoms with Gasteiger partial charge < -0.3 is 9.64 Å². The molecule has 0 spiro atoms. The first kappa shape index (κ1) is 16.6. The van der Waals surface area contributed by atoms with Crippen LogP contribution in [-0.4, -0.2) is 24.0 Å². The van der Waals surface area contributed by atoms with E-state index in [0.29, 0.717) is 6.54 Å². The Morgan fingerprint density at radius 2 is 2.00 bits per heavy atom. The summed E-state index contributed by atoms with van der Waals surface area (Å²) in [5, 5.41) is 2.04. The number of thiophene rings is 1. The van der Waals surface area contributed by atoms with Gasteiger partial charge in [-0.2, -0.15) is 0 Å². The van der Waals surface area contributed by atoms with E-state index in [1.807, 2.05) is 47.5 Å². The average molecular weight is 317 g/mol. The summed E-state index contributed by atoms with van der Waals surface area (Å²) < 4.78 is 5.62. The van der Waals surface area contributed by atoms with Crippen molar-refractivity contribution in [1.82, 2.24) is 4.90 Å².